The molecule has 0 spiro atoms. The van der Waals surface area contributed by atoms with Gasteiger partial charge in [0.1, 0.15) is 5.75 Å². The van der Waals surface area contributed by atoms with Crippen molar-refractivity contribution in [2.75, 3.05) is 17.7 Å². The third-order valence-electron chi connectivity index (χ3n) is 5.04. The molecule has 0 atom stereocenters. The summed E-state index contributed by atoms with van der Waals surface area (Å²) < 4.78 is 5.93. The quantitative estimate of drug-likeness (QED) is 0.272. The summed E-state index contributed by atoms with van der Waals surface area (Å²) in [6.07, 6.45) is 13.0. The lowest BCUT2D eigenvalue weighted by Crippen LogP contribution is -2.13. The minimum absolute atomic E-state index is 0.188. The van der Waals surface area contributed by atoms with Gasteiger partial charge in [-0.1, -0.05) is 82.9 Å². The van der Waals surface area contributed by atoms with Crippen LogP contribution in [0.15, 0.2) is 48.5 Å². The zero-order chi connectivity index (χ0) is 20.7. The summed E-state index contributed by atoms with van der Waals surface area (Å²) in [6, 6.07) is 14.5. The van der Waals surface area contributed by atoms with E-state index in [0.717, 1.165) is 6.42 Å². The van der Waals surface area contributed by atoms with Crippen molar-refractivity contribution >= 4 is 17.3 Å². The number of carbonyl (C=O) groups is 1. The Hall–Kier alpha value is -2.49. The number of carbonyl (C=O) groups excluding carboxylic acids is 1. The maximum Gasteiger partial charge on any atom is 0.255 e. The molecule has 2 rings (SSSR count). The molecule has 29 heavy (non-hydrogen) atoms. The van der Waals surface area contributed by atoms with Gasteiger partial charge < -0.3 is 15.8 Å². The Labute approximate surface area is 175 Å². The Kier molecular flexibility index (Phi) is 10.7. The monoisotopic (exact) mass is 396 g/mol. The molecule has 0 bridgehead atoms. The summed E-state index contributed by atoms with van der Waals surface area (Å²) in [7, 11) is 0. The zero-order valence-corrected chi connectivity index (χ0v) is 17.8. The molecule has 0 aliphatic rings. The fraction of sp³-hybridized carbons (Fsp3) is 0.480. The molecule has 0 saturated heterocycles. The maximum absolute atomic E-state index is 12.5. The van der Waals surface area contributed by atoms with E-state index in [0.29, 0.717) is 29.3 Å². The second-order valence-corrected chi connectivity index (χ2v) is 7.61. The number of hydrogen-bond acceptors (Lipinski definition) is 3. The highest BCUT2D eigenvalue weighted by Gasteiger charge is 2.10. The molecular formula is C25H36N2O2. The molecule has 1 amide bonds. The first-order valence-electron chi connectivity index (χ1n) is 11.1. The van der Waals surface area contributed by atoms with Crippen LogP contribution >= 0.6 is 0 Å². The number of hydrogen-bond donors (Lipinski definition) is 2. The fourth-order valence-electron chi connectivity index (χ4n) is 3.34. The molecule has 158 valence electrons. The minimum atomic E-state index is -0.188. The first-order valence-corrected chi connectivity index (χ1v) is 11.1. The number of amides is 1. The van der Waals surface area contributed by atoms with Gasteiger partial charge in [0, 0.05) is 11.3 Å². The van der Waals surface area contributed by atoms with Crippen molar-refractivity contribution in [2.45, 2.75) is 71.1 Å². The van der Waals surface area contributed by atoms with Crippen molar-refractivity contribution in [1.82, 2.24) is 0 Å². The normalized spacial score (nSPS) is 10.7. The second kappa shape index (κ2) is 13.6. The van der Waals surface area contributed by atoms with Crippen LogP contribution in [0.3, 0.4) is 0 Å². The molecule has 0 aromatic heterocycles. The van der Waals surface area contributed by atoms with Crippen molar-refractivity contribution in [3.63, 3.8) is 0 Å². The molecule has 0 aliphatic heterocycles. The molecule has 0 radical (unpaired) electrons. The summed E-state index contributed by atoms with van der Waals surface area (Å²) in [5.74, 6) is 0.521. The van der Waals surface area contributed by atoms with Gasteiger partial charge in [0.15, 0.2) is 0 Å². The molecule has 0 fully saturated rings. The number of rotatable bonds is 14. The summed E-state index contributed by atoms with van der Waals surface area (Å²) in [5.41, 5.74) is 7.56. The highest BCUT2D eigenvalue weighted by Crippen LogP contribution is 2.25. The van der Waals surface area contributed by atoms with Crippen LogP contribution < -0.4 is 15.8 Å². The van der Waals surface area contributed by atoms with E-state index in [1.165, 1.54) is 57.8 Å². The molecule has 0 aliphatic carbocycles. The standard InChI is InChI=1S/C25H36N2O2/c1-2-3-4-5-6-7-8-9-10-13-19-29-24-18-12-11-17-23(24)27-25(28)21-15-14-16-22(26)20-21/h11-12,14-18,20H,2-10,13,19,26H2,1H3,(H,27,28). The number of nitrogen functional groups attached to an aromatic ring is 1. The van der Waals surface area contributed by atoms with Gasteiger partial charge in [-0.25, -0.2) is 0 Å². The number of anilines is 2. The third-order valence-corrected chi connectivity index (χ3v) is 5.04. The van der Waals surface area contributed by atoms with Crippen molar-refractivity contribution in [2.24, 2.45) is 0 Å². The Morgan fingerprint density at radius 3 is 2.21 bits per heavy atom. The van der Waals surface area contributed by atoms with Gasteiger partial charge in [0.2, 0.25) is 0 Å². The highest BCUT2D eigenvalue weighted by molar-refractivity contribution is 6.05. The maximum atomic E-state index is 12.5. The summed E-state index contributed by atoms with van der Waals surface area (Å²) in [6.45, 7) is 2.93. The average molecular weight is 397 g/mol. The topological polar surface area (TPSA) is 64.3 Å². The summed E-state index contributed by atoms with van der Waals surface area (Å²) in [5, 5.41) is 2.92. The first kappa shape index (κ1) is 22.8. The van der Waals surface area contributed by atoms with E-state index in [-0.39, 0.29) is 5.91 Å². The number of unbranched alkanes of at least 4 members (excludes halogenated alkanes) is 9. The molecule has 2 aromatic rings. The van der Waals surface area contributed by atoms with Crippen molar-refractivity contribution in [3.8, 4) is 5.75 Å². The second-order valence-electron chi connectivity index (χ2n) is 7.61. The Morgan fingerprint density at radius 1 is 0.862 bits per heavy atom. The fourth-order valence-corrected chi connectivity index (χ4v) is 3.34. The van der Waals surface area contributed by atoms with E-state index < -0.39 is 0 Å². The summed E-state index contributed by atoms with van der Waals surface area (Å²) in [4.78, 5) is 12.5. The lowest BCUT2D eigenvalue weighted by atomic mass is 10.1. The lowest BCUT2D eigenvalue weighted by molar-refractivity contribution is 0.102. The van der Waals surface area contributed by atoms with Gasteiger partial charge in [-0.05, 0) is 36.8 Å². The van der Waals surface area contributed by atoms with Gasteiger partial charge >= 0.3 is 0 Å². The Bertz CT molecular complexity index is 730. The molecule has 4 heteroatoms. The highest BCUT2D eigenvalue weighted by atomic mass is 16.5. The van der Waals surface area contributed by atoms with E-state index in [9.17, 15) is 4.79 Å². The van der Waals surface area contributed by atoms with Crippen LogP contribution in [0.2, 0.25) is 0 Å². The number of benzene rings is 2. The largest absolute Gasteiger partial charge is 0.491 e. The smallest absolute Gasteiger partial charge is 0.255 e. The predicted octanol–water partition coefficient (Wildman–Crippen LogP) is 6.82. The van der Waals surface area contributed by atoms with Crippen LogP contribution in [0.5, 0.6) is 5.75 Å². The number of nitrogens with one attached hydrogen (secondary N) is 1. The lowest BCUT2D eigenvalue weighted by Gasteiger charge is -2.12. The number of ether oxygens (including phenoxy) is 1. The zero-order valence-electron chi connectivity index (χ0n) is 17.8. The molecule has 3 N–H and O–H groups in total. The average Bonchev–Trinajstić information content (AvgIpc) is 2.73. The molecular weight excluding hydrogens is 360 g/mol. The van der Waals surface area contributed by atoms with E-state index in [1.54, 1.807) is 24.3 Å². The SMILES string of the molecule is CCCCCCCCCCCCOc1ccccc1NC(=O)c1cccc(N)c1. The molecule has 0 heterocycles. The van der Waals surface area contributed by atoms with Crippen molar-refractivity contribution < 1.29 is 9.53 Å². The van der Waals surface area contributed by atoms with Gasteiger partial charge in [-0.3, -0.25) is 4.79 Å². The van der Waals surface area contributed by atoms with Gasteiger partial charge in [-0.2, -0.15) is 0 Å². The van der Waals surface area contributed by atoms with Crippen LogP contribution in [0.4, 0.5) is 11.4 Å². The van der Waals surface area contributed by atoms with E-state index in [1.807, 2.05) is 24.3 Å². The van der Waals surface area contributed by atoms with Crippen LogP contribution in [0.25, 0.3) is 0 Å². The Morgan fingerprint density at radius 2 is 1.52 bits per heavy atom. The molecule has 0 saturated carbocycles. The van der Waals surface area contributed by atoms with Gasteiger partial charge in [0.25, 0.3) is 5.91 Å². The number of para-hydroxylation sites is 2. The Balaban J connectivity index is 1.67. The minimum Gasteiger partial charge on any atom is -0.491 e. The van der Waals surface area contributed by atoms with Crippen LogP contribution in [-0.2, 0) is 0 Å². The van der Waals surface area contributed by atoms with Gasteiger partial charge in [-0.15, -0.1) is 0 Å². The van der Waals surface area contributed by atoms with Crippen LogP contribution in [0, 0.1) is 0 Å². The van der Waals surface area contributed by atoms with E-state index in [4.69, 9.17) is 10.5 Å². The van der Waals surface area contributed by atoms with Crippen LogP contribution in [0.1, 0.15) is 81.5 Å². The van der Waals surface area contributed by atoms with E-state index >= 15 is 0 Å². The third kappa shape index (κ3) is 9.03. The molecule has 4 nitrogen and oxygen atoms in total. The predicted molar refractivity (Wildman–Crippen MR) is 123 cm³/mol. The van der Waals surface area contributed by atoms with Crippen molar-refractivity contribution in [3.05, 3.63) is 54.1 Å². The van der Waals surface area contributed by atoms with E-state index in [2.05, 4.69) is 12.2 Å². The van der Waals surface area contributed by atoms with Crippen molar-refractivity contribution in [1.29, 1.82) is 0 Å². The molecule has 2 aromatic carbocycles. The number of nitrogens with two attached hydrogens (primary N) is 1. The van der Waals surface area contributed by atoms with Crippen LogP contribution in [-0.4, -0.2) is 12.5 Å². The molecule has 0 unspecified atom stereocenters. The van der Waals surface area contributed by atoms with Gasteiger partial charge in [0.05, 0.1) is 12.3 Å². The first-order chi connectivity index (χ1) is 14.2. The summed E-state index contributed by atoms with van der Waals surface area (Å²) >= 11 is 0.